The summed E-state index contributed by atoms with van der Waals surface area (Å²) in [6.45, 7) is 1.69. The molecule has 184 valence electrons. The van der Waals surface area contributed by atoms with Gasteiger partial charge in [0.1, 0.15) is 11.8 Å². The largest absolute Gasteiger partial charge is 0.482 e. The molecule has 9 heteroatoms. The highest BCUT2D eigenvalue weighted by atomic mass is 79.9. The number of hydrogen-bond acceptors (Lipinski definition) is 3. The number of nitrogens with one attached hydrogen (secondary N) is 1. The van der Waals surface area contributed by atoms with Crippen molar-refractivity contribution >= 4 is 62.5 Å². The van der Waals surface area contributed by atoms with Gasteiger partial charge in [0, 0.05) is 32.7 Å². The topological polar surface area (TPSA) is 58.6 Å². The predicted octanol–water partition coefficient (Wildman–Crippen LogP) is 7.04. The van der Waals surface area contributed by atoms with Gasteiger partial charge >= 0.3 is 0 Å². The molecule has 0 heterocycles. The number of carbonyl (C=O) groups is 2. The molecule has 2 amide bonds. The summed E-state index contributed by atoms with van der Waals surface area (Å²) in [5.41, 5.74) is 0.588. The minimum atomic E-state index is -0.689. The summed E-state index contributed by atoms with van der Waals surface area (Å²) in [4.78, 5) is 28.2. The van der Waals surface area contributed by atoms with Crippen molar-refractivity contribution in [3.63, 3.8) is 0 Å². The first kappa shape index (κ1) is 27.1. The molecule has 1 N–H and O–H groups in total. The molecular formula is C25H28BrCl3N2O3. The van der Waals surface area contributed by atoms with E-state index in [1.165, 1.54) is 11.3 Å². The van der Waals surface area contributed by atoms with Gasteiger partial charge < -0.3 is 15.0 Å². The van der Waals surface area contributed by atoms with Gasteiger partial charge in [0.05, 0.1) is 5.02 Å². The second-order valence-corrected chi connectivity index (χ2v) is 10.5. The van der Waals surface area contributed by atoms with Crippen LogP contribution in [-0.4, -0.2) is 35.4 Å². The van der Waals surface area contributed by atoms with Gasteiger partial charge in [-0.3, -0.25) is 9.59 Å². The molecule has 0 saturated heterocycles. The van der Waals surface area contributed by atoms with Crippen molar-refractivity contribution in [1.82, 2.24) is 10.2 Å². The zero-order valence-electron chi connectivity index (χ0n) is 19.0. The van der Waals surface area contributed by atoms with Crippen LogP contribution in [0.3, 0.4) is 0 Å². The maximum atomic E-state index is 13.4. The Bertz CT molecular complexity index is 995. The standard InChI is InChI=1S/C25H28BrCl3N2O3/c1-2-22(25(33)30-17-7-4-3-5-8-17)31(14-18-19(27)9-6-10-20(18)28)24(32)15-34-23-12-11-16(26)13-21(23)29/h6,9-13,17,22H,2-5,7-8,14-15H2,1H3,(H,30,33)/t22-/m0/s1. The molecule has 1 aliphatic rings. The molecule has 0 aliphatic heterocycles. The Morgan fingerprint density at radius 1 is 1.09 bits per heavy atom. The second-order valence-electron chi connectivity index (χ2n) is 8.35. The number of benzene rings is 2. The predicted molar refractivity (Wildman–Crippen MR) is 141 cm³/mol. The number of nitrogens with zero attached hydrogens (tertiary/aromatic N) is 1. The van der Waals surface area contributed by atoms with E-state index in [4.69, 9.17) is 39.5 Å². The van der Waals surface area contributed by atoms with E-state index < -0.39 is 6.04 Å². The normalized spacial score (nSPS) is 15.0. The maximum absolute atomic E-state index is 13.4. The van der Waals surface area contributed by atoms with E-state index in [1.54, 1.807) is 36.4 Å². The van der Waals surface area contributed by atoms with Crippen LogP contribution in [0.2, 0.25) is 15.1 Å². The van der Waals surface area contributed by atoms with Crippen molar-refractivity contribution in [2.24, 2.45) is 0 Å². The van der Waals surface area contributed by atoms with Gasteiger partial charge in [0.15, 0.2) is 6.61 Å². The summed E-state index contributed by atoms with van der Waals surface area (Å²) in [5.74, 6) is -0.151. The molecule has 0 bridgehead atoms. The van der Waals surface area contributed by atoms with Crippen LogP contribution in [0.15, 0.2) is 40.9 Å². The lowest BCUT2D eigenvalue weighted by molar-refractivity contribution is -0.143. The van der Waals surface area contributed by atoms with Crippen LogP contribution in [0.4, 0.5) is 0 Å². The third kappa shape index (κ3) is 7.27. The zero-order chi connectivity index (χ0) is 24.7. The zero-order valence-corrected chi connectivity index (χ0v) is 22.8. The van der Waals surface area contributed by atoms with Crippen LogP contribution in [0.5, 0.6) is 5.75 Å². The molecule has 2 aromatic carbocycles. The molecule has 5 nitrogen and oxygen atoms in total. The van der Waals surface area contributed by atoms with Crippen LogP contribution >= 0.6 is 50.7 Å². The lowest BCUT2D eigenvalue weighted by Crippen LogP contribution is -2.52. The number of amides is 2. The van der Waals surface area contributed by atoms with Crippen molar-refractivity contribution in [3.8, 4) is 5.75 Å². The first-order chi connectivity index (χ1) is 16.3. The smallest absolute Gasteiger partial charge is 0.261 e. The number of hydrogen-bond donors (Lipinski definition) is 1. The Labute approximate surface area is 224 Å². The summed E-state index contributed by atoms with van der Waals surface area (Å²) in [6, 6.07) is 9.77. The van der Waals surface area contributed by atoms with Gasteiger partial charge in [-0.15, -0.1) is 0 Å². The average Bonchev–Trinajstić information content (AvgIpc) is 2.80. The number of carbonyl (C=O) groups excluding carboxylic acids is 2. The molecule has 0 spiro atoms. The fourth-order valence-corrected chi connectivity index (χ4v) is 5.38. The third-order valence-corrected chi connectivity index (χ3v) is 7.47. The Hall–Kier alpha value is -1.47. The summed E-state index contributed by atoms with van der Waals surface area (Å²) in [7, 11) is 0. The van der Waals surface area contributed by atoms with Crippen molar-refractivity contribution in [2.75, 3.05) is 6.61 Å². The Kier molecular flexibility index (Phi) is 10.4. The molecule has 3 rings (SSSR count). The van der Waals surface area contributed by atoms with Gasteiger partial charge in [-0.25, -0.2) is 0 Å². The third-order valence-electron chi connectivity index (χ3n) is 5.97. The molecule has 1 atom stereocenters. The fraction of sp³-hybridized carbons (Fsp3) is 0.440. The van der Waals surface area contributed by atoms with Crippen LogP contribution in [0, 0.1) is 0 Å². The van der Waals surface area contributed by atoms with E-state index in [1.807, 2.05) is 6.92 Å². The molecular weight excluding hydrogens is 563 g/mol. The summed E-state index contributed by atoms with van der Waals surface area (Å²) >= 11 is 22.4. The molecule has 34 heavy (non-hydrogen) atoms. The van der Waals surface area contributed by atoms with Crippen LogP contribution < -0.4 is 10.1 Å². The van der Waals surface area contributed by atoms with E-state index in [0.717, 1.165) is 30.2 Å². The Morgan fingerprint density at radius 3 is 2.38 bits per heavy atom. The SMILES string of the molecule is CC[C@@H](C(=O)NC1CCCCC1)N(Cc1c(Cl)cccc1Cl)C(=O)COc1ccc(Br)cc1Cl. The van der Waals surface area contributed by atoms with Crippen molar-refractivity contribution in [2.45, 2.75) is 64.1 Å². The quantitative estimate of drug-likeness (QED) is 0.341. The van der Waals surface area contributed by atoms with Gasteiger partial charge in [0.25, 0.3) is 5.91 Å². The van der Waals surface area contributed by atoms with Crippen molar-refractivity contribution in [3.05, 3.63) is 61.5 Å². The van der Waals surface area contributed by atoms with Gasteiger partial charge in [0.2, 0.25) is 5.91 Å². The van der Waals surface area contributed by atoms with E-state index in [-0.39, 0.29) is 31.0 Å². The van der Waals surface area contributed by atoms with E-state index in [9.17, 15) is 9.59 Å². The minimum Gasteiger partial charge on any atom is -0.482 e. The number of rotatable bonds is 9. The molecule has 1 saturated carbocycles. The highest BCUT2D eigenvalue weighted by Gasteiger charge is 2.31. The first-order valence-electron chi connectivity index (χ1n) is 11.4. The molecule has 2 aromatic rings. The molecule has 1 aliphatic carbocycles. The summed E-state index contributed by atoms with van der Waals surface area (Å²) in [6.07, 6.45) is 5.73. The Morgan fingerprint density at radius 2 is 1.76 bits per heavy atom. The minimum absolute atomic E-state index is 0.0887. The summed E-state index contributed by atoms with van der Waals surface area (Å²) < 4.78 is 6.52. The average molecular weight is 591 g/mol. The molecule has 0 radical (unpaired) electrons. The van der Waals surface area contributed by atoms with Gasteiger partial charge in [-0.1, -0.05) is 83.0 Å². The molecule has 1 fully saturated rings. The lowest BCUT2D eigenvalue weighted by Gasteiger charge is -2.33. The Balaban J connectivity index is 1.82. The highest BCUT2D eigenvalue weighted by Crippen LogP contribution is 2.29. The number of ether oxygens (including phenoxy) is 1. The monoisotopic (exact) mass is 588 g/mol. The fourth-order valence-electron chi connectivity index (χ4n) is 4.13. The van der Waals surface area contributed by atoms with Crippen LogP contribution in [0.25, 0.3) is 0 Å². The van der Waals surface area contributed by atoms with Gasteiger partial charge in [-0.2, -0.15) is 0 Å². The van der Waals surface area contributed by atoms with Crippen molar-refractivity contribution in [1.29, 1.82) is 0 Å². The van der Waals surface area contributed by atoms with Crippen molar-refractivity contribution < 1.29 is 14.3 Å². The number of halogens is 4. The summed E-state index contributed by atoms with van der Waals surface area (Å²) in [5, 5.41) is 4.39. The van der Waals surface area contributed by atoms with E-state index >= 15 is 0 Å². The van der Waals surface area contributed by atoms with Crippen LogP contribution in [0.1, 0.15) is 51.0 Å². The maximum Gasteiger partial charge on any atom is 0.261 e. The first-order valence-corrected chi connectivity index (χ1v) is 13.3. The lowest BCUT2D eigenvalue weighted by atomic mass is 9.95. The highest BCUT2D eigenvalue weighted by molar-refractivity contribution is 9.10. The molecule has 0 unspecified atom stereocenters. The van der Waals surface area contributed by atoms with Crippen LogP contribution in [-0.2, 0) is 16.1 Å². The van der Waals surface area contributed by atoms with E-state index in [0.29, 0.717) is 32.8 Å². The molecule has 0 aromatic heterocycles. The second kappa shape index (κ2) is 13.0. The van der Waals surface area contributed by atoms with Gasteiger partial charge in [-0.05, 0) is 49.6 Å². The van der Waals surface area contributed by atoms with E-state index in [2.05, 4.69) is 21.2 Å².